The predicted molar refractivity (Wildman–Crippen MR) is 398 cm³/mol. The number of hydrogen-bond donors (Lipinski definition) is 0. The molecular formula is C84H143NO8. The Morgan fingerprint density at radius 1 is 0.323 bits per heavy atom. The molecule has 0 saturated carbocycles. The number of unbranched alkanes of at least 4 members (excludes halogenated alkanes) is 33. The highest BCUT2D eigenvalue weighted by molar-refractivity contribution is 5.70. The van der Waals surface area contributed by atoms with E-state index in [1.807, 2.05) is 21.1 Å². The molecule has 0 saturated heterocycles. The monoisotopic (exact) mass is 1290 g/mol. The quantitative estimate of drug-likeness (QED) is 0.0195. The zero-order valence-corrected chi connectivity index (χ0v) is 60.8. The first-order valence-electron chi connectivity index (χ1n) is 38.3. The van der Waals surface area contributed by atoms with Crippen LogP contribution in [-0.2, 0) is 33.3 Å². The third-order valence-corrected chi connectivity index (χ3v) is 16.4. The lowest BCUT2D eigenvalue weighted by molar-refractivity contribution is -0.870. The van der Waals surface area contributed by atoms with Crippen LogP contribution in [0.3, 0.4) is 0 Å². The van der Waals surface area contributed by atoms with E-state index in [0.717, 1.165) is 109 Å². The number of carbonyl (C=O) groups is 3. The first-order chi connectivity index (χ1) is 45.6. The fourth-order valence-electron chi connectivity index (χ4n) is 10.6. The van der Waals surface area contributed by atoms with Gasteiger partial charge in [-0.1, -0.05) is 334 Å². The maximum Gasteiger partial charge on any atom is 0.306 e. The lowest BCUT2D eigenvalue weighted by Gasteiger charge is -2.26. The molecule has 0 rings (SSSR count). The van der Waals surface area contributed by atoms with Crippen LogP contribution >= 0.6 is 0 Å². The molecule has 0 amide bonds. The number of allylic oxidation sites excluding steroid dienone is 22. The minimum Gasteiger partial charge on any atom is -0.545 e. The summed E-state index contributed by atoms with van der Waals surface area (Å²) in [6.07, 6.45) is 103. The Kier molecular flexibility index (Phi) is 69.6. The number of rotatable bonds is 70. The molecule has 0 N–H and O–H groups in total. The van der Waals surface area contributed by atoms with Gasteiger partial charge in [0.05, 0.1) is 40.3 Å². The van der Waals surface area contributed by atoms with Crippen molar-refractivity contribution in [2.45, 2.75) is 334 Å². The molecule has 0 aromatic heterocycles. The number of carboxylic acids is 1. The van der Waals surface area contributed by atoms with Crippen molar-refractivity contribution in [3.8, 4) is 0 Å². The Morgan fingerprint density at radius 2 is 0.581 bits per heavy atom. The van der Waals surface area contributed by atoms with Gasteiger partial charge in [-0.15, -0.1) is 0 Å². The van der Waals surface area contributed by atoms with E-state index in [9.17, 15) is 19.5 Å². The number of carboxylic acid groups (broad SMARTS) is 1. The number of quaternary nitrogens is 1. The smallest absolute Gasteiger partial charge is 0.306 e. The minimum atomic E-state index is -1.63. The predicted octanol–water partition coefficient (Wildman–Crippen LogP) is 23.1. The molecule has 9 heteroatoms. The summed E-state index contributed by atoms with van der Waals surface area (Å²) in [6, 6.07) is 0. The minimum absolute atomic E-state index is 0.144. The van der Waals surface area contributed by atoms with Gasteiger partial charge < -0.3 is 33.3 Å². The number of carbonyl (C=O) groups excluding carboxylic acids is 3. The molecule has 0 bridgehead atoms. The third-order valence-electron chi connectivity index (χ3n) is 16.4. The van der Waals surface area contributed by atoms with Crippen molar-refractivity contribution in [3.63, 3.8) is 0 Å². The summed E-state index contributed by atoms with van der Waals surface area (Å²) in [7, 11) is 5.93. The number of aliphatic carboxylic acids is 1. The van der Waals surface area contributed by atoms with E-state index < -0.39 is 24.3 Å². The summed E-state index contributed by atoms with van der Waals surface area (Å²) >= 11 is 0. The molecule has 0 aliphatic carbocycles. The maximum atomic E-state index is 13.0. The van der Waals surface area contributed by atoms with Crippen LogP contribution in [0.4, 0.5) is 0 Å². The van der Waals surface area contributed by atoms with Gasteiger partial charge in [-0.25, -0.2) is 0 Å². The molecule has 0 aromatic rings. The van der Waals surface area contributed by atoms with Crippen molar-refractivity contribution < 1.29 is 42.9 Å². The molecule has 0 heterocycles. The first kappa shape index (κ1) is 88.4. The standard InChI is InChI=1S/C84H143NO8/c1-6-8-10-12-14-16-18-20-22-24-26-28-30-32-34-36-38-39-40-41-42-43-45-46-48-50-52-54-56-58-60-62-64-66-68-70-72-74-81(86)91-78-80(79-92-84(83(88)89)90-77-76-85(3,4)5)93-82(87)75-73-71-69-67-65-63-61-59-57-55-53-51-49-47-44-37-35-33-31-29-27-25-23-21-19-17-15-13-11-9-7-2/h8-11,14-17,20-23,26-29,32-35,44,47,80,84H,6-7,12-13,18-19,24-25,30-31,36-43,45-46,48-79H2,1-5H3/b10-8-,11-9-,16-14-,17-15-,22-20-,23-21-,28-26-,29-27-,34-32-,35-33-,47-44-. The Bertz CT molecular complexity index is 2000. The molecule has 532 valence electrons. The van der Waals surface area contributed by atoms with Gasteiger partial charge in [0, 0.05) is 12.8 Å². The topological polar surface area (TPSA) is 111 Å². The average molecular weight is 1300 g/mol. The van der Waals surface area contributed by atoms with Crippen molar-refractivity contribution >= 4 is 17.9 Å². The summed E-state index contributed by atoms with van der Waals surface area (Å²) in [5.41, 5.74) is 0. The van der Waals surface area contributed by atoms with Crippen molar-refractivity contribution in [3.05, 3.63) is 134 Å². The van der Waals surface area contributed by atoms with Crippen molar-refractivity contribution in [1.29, 1.82) is 0 Å². The van der Waals surface area contributed by atoms with Crippen LogP contribution in [-0.4, -0.2) is 82.3 Å². The van der Waals surface area contributed by atoms with Crippen LogP contribution < -0.4 is 5.11 Å². The maximum absolute atomic E-state index is 13.0. The normalized spacial score (nSPS) is 13.4. The SMILES string of the molecule is CC/C=C\C/C=C\C/C=C\C/C=C\C/C=C\C/C=C\CCCCCCCCCCCCCCC(=O)OC(COC(=O)CCCCCCCCCCCCCCCCCCCCCCC/C=C\C/C=C\C/C=C\C/C=C\C/C=C\CC)COC(OCC[N+](C)(C)C)C(=O)[O-]. The van der Waals surface area contributed by atoms with E-state index in [2.05, 4.69) is 148 Å². The lowest BCUT2D eigenvalue weighted by atomic mass is 10.0. The van der Waals surface area contributed by atoms with Crippen LogP contribution in [0.2, 0.25) is 0 Å². The van der Waals surface area contributed by atoms with Gasteiger partial charge in [-0.3, -0.25) is 9.59 Å². The van der Waals surface area contributed by atoms with Gasteiger partial charge >= 0.3 is 11.9 Å². The summed E-state index contributed by atoms with van der Waals surface area (Å²) in [5, 5.41) is 11.9. The third kappa shape index (κ3) is 74.7. The van der Waals surface area contributed by atoms with Crippen molar-refractivity contribution in [2.24, 2.45) is 0 Å². The van der Waals surface area contributed by atoms with Crippen molar-refractivity contribution in [1.82, 2.24) is 0 Å². The number of nitrogens with zero attached hydrogens (tertiary/aromatic N) is 1. The fraction of sp³-hybridized carbons (Fsp3) is 0.702. The first-order valence-corrected chi connectivity index (χ1v) is 38.3. The van der Waals surface area contributed by atoms with E-state index in [4.69, 9.17) is 18.9 Å². The molecule has 0 radical (unpaired) electrons. The molecule has 2 atom stereocenters. The van der Waals surface area contributed by atoms with E-state index >= 15 is 0 Å². The molecule has 0 fully saturated rings. The number of hydrogen-bond acceptors (Lipinski definition) is 8. The van der Waals surface area contributed by atoms with E-state index in [1.54, 1.807) is 0 Å². The number of ether oxygens (including phenoxy) is 4. The fourth-order valence-corrected chi connectivity index (χ4v) is 10.6. The number of esters is 2. The highest BCUT2D eigenvalue weighted by atomic mass is 16.7. The van der Waals surface area contributed by atoms with Crippen LogP contribution in [0.5, 0.6) is 0 Å². The highest BCUT2D eigenvalue weighted by Crippen LogP contribution is 2.18. The van der Waals surface area contributed by atoms with Gasteiger partial charge in [0.25, 0.3) is 0 Å². The van der Waals surface area contributed by atoms with Gasteiger partial charge in [-0.2, -0.15) is 0 Å². The largest absolute Gasteiger partial charge is 0.545 e. The highest BCUT2D eigenvalue weighted by Gasteiger charge is 2.22. The molecule has 2 unspecified atom stereocenters. The Hall–Kier alpha value is -4.57. The van der Waals surface area contributed by atoms with Crippen LogP contribution in [0, 0.1) is 0 Å². The molecule has 0 aromatic carbocycles. The zero-order chi connectivity index (χ0) is 67.5. The van der Waals surface area contributed by atoms with Gasteiger partial charge in [0.15, 0.2) is 12.4 Å². The number of likely N-dealkylation sites (N-methyl/N-ethyl adjacent to an activating group) is 1. The summed E-state index contributed by atoms with van der Waals surface area (Å²) in [4.78, 5) is 37.6. The van der Waals surface area contributed by atoms with Gasteiger partial charge in [0.1, 0.15) is 13.2 Å². The molecular weight excluding hydrogens is 1150 g/mol. The van der Waals surface area contributed by atoms with Crippen LogP contribution in [0.1, 0.15) is 322 Å². The second-order valence-corrected chi connectivity index (χ2v) is 26.5. The molecule has 0 spiro atoms. The average Bonchev–Trinajstić information content (AvgIpc) is 3.38. The zero-order valence-electron chi connectivity index (χ0n) is 60.8. The lowest BCUT2D eigenvalue weighted by Crippen LogP contribution is -2.44. The van der Waals surface area contributed by atoms with E-state index in [-0.39, 0.29) is 38.6 Å². The Balaban J connectivity index is 4.05. The molecule has 93 heavy (non-hydrogen) atoms. The van der Waals surface area contributed by atoms with Gasteiger partial charge in [-0.05, 0) is 109 Å². The molecule has 0 aliphatic rings. The second kappa shape index (κ2) is 73.2. The summed E-state index contributed by atoms with van der Waals surface area (Å²) < 4.78 is 22.8. The second-order valence-electron chi connectivity index (χ2n) is 26.5. The summed E-state index contributed by atoms with van der Waals surface area (Å²) in [6.45, 7) is 4.54. The molecule has 0 aliphatic heterocycles. The van der Waals surface area contributed by atoms with Crippen LogP contribution in [0.25, 0.3) is 0 Å². The van der Waals surface area contributed by atoms with Crippen molar-refractivity contribution in [2.75, 3.05) is 47.5 Å². The Morgan fingerprint density at radius 3 is 0.860 bits per heavy atom. The van der Waals surface area contributed by atoms with Crippen LogP contribution in [0.15, 0.2) is 134 Å². The van der Waals surface area contributed by atoms with E-state index in [1.165, 1.54) is 180 Å². The van der Waals surface area contributed by atoms with E-state index in [0.29, 0.717) is 17.4 Å². The summed E-state index contributed by atoms with van der Waals surface area (Å²) in [5.74, 6) is -2.28. The molecule has 9 nitrogen and oxygen atoms in total. The Labute approximate surface area is 573 Å². The van der Waals surface area contributed by atoms with Gasteiger partial charge in [0.2, 0.25) is 0 Å².